The Morgan fingerprint density at radius 3 is 2.76 bits per heavy atom. The Hall–Kier alpha value is -2.04. The van der Waals surface area contributed by atoms with E-state index in [2.05, 4.69) is 4.98 Å². The first kappa shape index (κ1) is 11.4. The van der Waals surface area contributed by atoms with Crippen molar-refractivity contribution >= 4 is 11.5 Å². The minimum absolute atomic E-state index is 0.0681. The normalized spacial score (nSPS) is 11.1. The first-order valence-electron chi connectivity index (χ1n) is 5.37. The van der Waals surface area contributed by atoms with Gasteiger partial charge in [-0.1, -0.05) is 0 Å². The molecule has 0 unspecified atom stereocenters. The SMILES string of the molecule is Cc1nc(C(=O)O)c2ccc(OC(C)C)cn12. The maximum Gasteiger partial charge on any atom is 0.356 e. The van der Waals surface area contributed by atoms with Crippen molar-refractivity contribution in [3.05, 3.63) is 29.8 Å². The Kier molecular flexibility index (Phi) is 2.75. The van der Waals surface area contributed by atoms with E-state index in [1.807, 2.05) is 13.8 Å². The number of carboxylic acid groups (broad SMARTS) is 1. The summed E-state index contributed by atoms with van der Waals surface area (Å²) in [6, 6.07) is 3.46. The summed E-state index contributed by atoms with van der Waals surface area (Å²) < 4.78 is 7.27. The van der Waals surface area contributed by atoms with Gasteiger partial charge in [0.15, 0.2) is 5.69 Å². The molecule has 2 aromatic rings. The van der Waals surface area contributed by atoms with Crippen molar-refractivity contribution in [3.8, 4) is 5.75 Å². The van der Waals surface area contributed by atoms with Gasteiger partial charge in [0.25, 0.3) is 0 Å². The number of carbonyl (C=O) groups is 1. The predicted molar refractivity (Wildman–Crippen MR) is 62.7 cm³/mol. The molecule has 5 heteroatoms. The highest BCUT2D eigenvalue weighted by atomic mass is 16.5. The van der Waals surface area contributed by atoms with Crippen LogP contribution in [0.2, 0.25) is 0 Å². The molecule has 0 saturated carbocycles. The van der Waals surface area contributed by atoms with Gasteiger partial charge in [-0.2, -0.15) is 0 Å². The minimum atomic E-state index is -1.02. The van der Waals surface area contributed by atoms with Gasteiger partial charge in [-0.15, -0.1) is 0 Å². The van der Waals surface area contributed by atoms with Crippen LogP contribution in [0.5, 0.6) is 5.75 Å². The van der Waals surface area contributed by atoms with Crippen molar-refractivity contribution in [2.45, 2.75) is 26.9 Å². The van der Waals surface area contributed by atoms with Crippen molar-refractivity contribution < 1.29 is 14.6 Å². The summed E-state index contributed by atoms with van der Waals surface area (Å²) >= 11 is 0. The summed E-state index contributed by atoms with van der Waals surface area (Å²) in [5, 5.41) is 9.00. The smallest absolute Gasteiger partial charge is 0.356 e. The number of aromatic nitrogens is 2. The molecule has 0 saturated heterocycles. The topological polar surface area (TPSA) is 63.8 Å². The van der Waals surface area contributed by atoms with E-state index in [0.29, 0.717) is 17.1 Å². The van der Waals surface area contributed by atoms with Crippen LogP contribution in [-0.4, -0.2) is 26.6 Å². The molecule has 17 heavy (non-hydrogen) atoms. The molecule has 2 heterocycles. The number of aryl methyl sites for hydroxylation is 1. The van der Waals surface area contributed by atoms with Crippen molar-refractivity contribution in [2.24, 2.45) is 0 Å². The Morgan fingerprint density at radius 2 is 2.18 bits per heavy atom. The lowest BCUT2D eigenvalue weighted by molar-refractivity contribution is 0.0693. The second-order valence-corrected chi connectivity index (χ2v) is 4.10. The van der Waals surface area contributed by atoms with E-state index < -0.39 is 5.97 Å². The van der Waals surface area contributed by atoms with Crippen LogP contribution in [0.3, 0.4) is 0 Å². The van der Waals surface area contributed by atoms with Gasteiger partial charge in [-0.3, -0.25) is 4.40 Å². The van der Waals surface area contributed by atoms with E-state index in [1.54, 1.807) is 29.7 Å². The molecule has 0 atom stereocenters. The molecule has 0 aliphatic carbocycles. The molecule has 2 aromatic heterocycles. The number of rotatable bonds is 3. The Balaban J connectivity index is 2.55. The van der Waals surface area contributed by atoms with Crippen molar-refractivity contribution in [3.63, 3.8) is 0 Å². The Labute approximate surface area is 98.7 Å². The second-order valence-electron chi connectivity index (χ2n) is 4.10. The van der Waals surface area contributed by atoms with E-state index in [0.717, 1.165) is 0 Å². The van der Waals surface area contributed by atoms with Gasteiger partial charge in [0.1, 0.15) is 11.6 Å². The molecular weight excluding hydrogens is 220 g/mol. The molecule has 0 spiro atoms. The average molecular weight is 234 g/mol. The number of fused-ring (bicyclic) bond motifs is 1. The van der Waals surface area contributed by atoms with Gasteiger partial charge < -0.3 is 9.84 Å². The number of nitrogens with zero attached hydrogens (tertiary/aromatic N) is 2. The maximum atomic E-state index is 11.0. The Morgan fingerprint density at radius 1 is 1.47 bits per heavy atom. The number of carboxylic acids is 1. The van der Waals surface area contributed by atoms with Gasteiger partial charge in [0, 0.05) is 0 Å². The zero-order valence-electron chi connectivity index (χ0n) is 9.97. The third-order valence-corrected chi connectivity index (χ3v) is 2.36. The molecule has 0 aliphatic heterocycles. The molecule has 5 nitrogen and oxygen atoms in total. The largest absolute Gasteiger partial charge is 0.489 e. The van der Waals surface area contributed by atoms with Crippen LogP contribution < -0.4 is 4.74 Å². The number of aromatic carboxylic acids is 1. The van der Waals surface area contributed by atoms with E-state index in [1.165, 1.54) is 0 Å². The number of pyridine rings is 1. The van der Waals surface area contributed by atoms with Crippen LogP contribution in [0.1, 0.15) is 30.2 Å². The molecular formula is C12H14N2O3. The lowest BCUT2D eigenvalue weighted by Crippen LogP contribution is -2.06. The van der Waals surface area contributed by atoms with Gasteiger partial charge in [-0.05, 0) is 32.9 Å². The highest BCUT2D eigenvalue weighted by Gasteiger charge is 2.14. The van der Waals surface area contributed by atoms with Crippen LogP contribution in [0.15, 0.2) is 18.3 Å². The lowest BCUT2D eigenvalue weighted by atomic mass is 10.3. The van der Waals surface area contributed by atoms with E-state index in [9.17, 15) is 4.79 Å². The van der Waals surface area contributed by atoms with E-state index >= 15 is 0 Å². The maximum absolute atomic E-state index is 11.0. The molecule has 0 amide bonds. The highest BCUT2D eigenvalue weighted by molar-refractivity contribution is 5.93. The summed E-state index contributed by atoms with van der Waals surface area (Å²) in [7, 11) is 0. The lowest BCUT2D eigenvalue weighted by Gasteiger charge is -2.10. The standard InChI is InChI=1S/C12H14N2O3/c1-7(2)17-9-4-5-10-11(12(15)16)13-8(3)14(10)6-9/h4-7H,1-3H3,(H,15,16). The average Bonchev–Trinajstić information content (AvgIpc) is 2.55. The molecule has 0 aliphatic rings. The van der Waals surface area contributed by atoms with Crippen molar-refractivity contribution in [1.82, 2.24) is 9.38 Å². The predicted octanol–water partition coefficient (Wildman–Crippen LogP) is 2.13. The molecule has 0 aromatic carbocycles. The van der Waals surface area contributed by atoms with Crippen LogP contribution in [0.4, 0.5) is 0 Å². The fraction of sp³-hybridized carbons (Fsp3) is 0.333. The fourth-order valence-corrected chi connectivity index (χ4v) is 1.71. The van der Waals surface area contributed by atoms with Crippen molar-refractivity contribution in [1.29, 1.82) is 0 Å². The van der Waals surface area contributed by atoms with Gasteiger partial charge in [0.2, 0.25) is 0 Å². The van der Waals surface area contributed by atoms with Crippen LogP contribution in [0, 0.1) is 6.92 Å². The highest BCUT2D eigenvalue weighted by Crippen LogP contribution is 2.19. The summed E-state index contributed by atoms with van der Waals surface area (Å²) in [6.07, 6.45) is 1.83. The first-order chi connectivity index (χ1) is 7.99. The summed E-state index contributed by atoms with van der Waals surface area (Å²) in [5.41, 5.74) is 0.643. The van der Waals surface area contributed by atoms with Crippen LogP contribution in [-0.2, 0) is 0 Å². The van der Waals surface area contributed by atoms with E-state index in [4.69, 9.17) is 9.84 Å². The Bertz CT molecular complexity index is 572. The van der Waals surface area contributed by atoms with Gasteiger partial charge >= 0.3 is 5.97 Å². The first-order valence-corrected chi connectivity index (χ1v) is 5.37. The fourth-order valence-electron chi connectivity index (χ4n) is 1.71. The summed E-state index contributed by atoms with van der Waals surface area (Å²) in [6.45, 7) is 5.64. The van der Waals surface area contributed by atoms with Crippen LogP contribution >= 0.6 is 0 Å². The van der Waals surface area contributed by atoms with Gasteiger partial charge in [0.05, 0.1) is 17.8 Å². The zero-order chi connectivity index (χ0) is 12.6. The van der Waals surface area contributed by atoms with Gasteiger partial charge in [-0.25, -0.2) is 9.78 Å². The van der Waals surface area contributed by atoms with Crippen LogP contribution in [0.25, 0.3) is 5.52 Å². The summed E-state index contributed by atoms with van der Waals surface area (Å²) in [5.74, 6) is 0.310. The van der Waals surface area contributed by atoms with Crippen molar-refractivity contribution in [2.75, 3.05) is 0 Å². The number of imidazole rings is 1. The number of hydrogen-bond donors (Lipinski definition) is 1. The third kappa shape index (κ3) is 2.08. The molecule has 1 N–H and O–H groups in total. The second kappa shape index (κ2) is 4.08. The molecule has 0 bridgehead atoms. The third-order valence-electron chi connectivity index (χ3n) is 2.36. The van der Waals surface area contributed by atoms with E-state index in [-0.39, 0.29) is 11.8 Å². The molecule has 0 radical (unpaired) electrons. The number of ether oxygens (including phenoxy) is 1. The number of hydrogen-bond acceptors (Lipinski definition) is 3. The molecule has 90 valence electrons. The molecule has 0 fully saturated rings. The monoisotopic (exact) mass is 234 g/mol. The minimum Gasteiger partial charge on any atom is -0.489 e. The zero-order valence-corrected chi connectivity index (χ0v) is 9.97. The quantitative estimate of drug-likeness (QED) is 0.883. The summed E-state index contributed by atoms with van der Waals surface area (Å²) in [4.78, 5) is 15.0. The molecule has 2 rings (SSSR count).